The maximum atomic E-state index is 14.1. The highest BCUT2D eigenvalue weighted by Crippen LogP contribution is 2.18. The molecule has 3 amide bonds. The Hall–Kier alpha value is -3.42. The number of nitrogens with one attached hydrogen (secondary N) is 4. The van der Waals surface area contributed by atoms with Crippen LogP contribution in [0.15, 0.2) is 42.5 Å². The zero-order chi connectivity index (χ0) is 35.0. The fourth-order valence-electron chi connectivity index (χ4n) is 5.33. The Balaban J connectivity index is 2.33. The molecule has 0 bridgehead atoms. The molecule has 0 fully saturated rings. The van der Waals surface area contributed by atoms with Gasteiger partial charge in [0.2, 0.25) is 17.7 Å². The molecule has 0 aromatic heterocycles. The van der Waals surface area contributed by atoms with Crippen molar-refractivity contribution < 1.29 is 36.7 Å². The number of hydrogen-bond donors (Lipinski definition) is 5. The molecule has 5 N–H and O–H groups in total. The van der Waals surface area contributed by atoms with Crippen LogP contribution in [0.1, 0.15) is 76.5 Å². The molecular weight excluding hydrogens is 630 g/mol. The molecule has 2 rings (SSSR count). The highest BCUT2D eigenvalue weighted by molar-refractivity contribution is 7.92. The summed E-state index contributed by atoms with van der Waals surface area (Å²) in [5.74, 6) is -4.22. The van der Waals surface area contributed by atoms with Gasteiger partial charge in [0.1, 0.15) is 17.7 Å². The van der Waals surface area contributed by atoms with Crippen molar-refractivity contribution in [2.75, 3.05) is 18.8 Å². The number of hydrogen-bond acceptors (Lipinski definition) is 7. The molecule has 0 unspecified atom stereocenters. The molecule has 0 spiro atoms. The SMILES string of the molecule is CCCC(CCC)S(=O)(=O)C[C@@H](NC(=O)CCNC(C)=O)C(=O)N[C@@H](Cc1cc(F)cc(F)c1)[C@H](O)CNCc1cccc(CC)c1. The summed E-state index contributed by atoms with van der Waals surface area (Å²) in [6.07, 6.45) is 1.21. The summed E-state index contributed by atoms with van der Waals surface area (Å²) < 4.78 is 55.1. The minimum Gasteiger partial charge on any atom is -0.390 e. The molecule has 47 heavy (non-hydrogen) atoms. The van der Waals surface area contributed by atoms with Gasteiger partial charge in [0.15, 0.2) is 9.84 Å². The number of carbonyl (C=O) groups excluding carboxylic acids is 3. The van der Waals surface area contributed by atoms with Crippen molar-refractivity contribution in [1.82, 2.24) is 21.3 Å². The molecule has 262 valence electrons. The summed E-state index contributed by atoms with van der Waals surface area (Å²) in [5.41, 5.74) is 2.28. The smallest absolute Gasteiger partial charge is 0.243 e. The van der Waals surface area contributed by atoms with Gasteiger partial charge in [-0.25, -0.2) is 17.2 Å². The topological polar surface area (TPSA) is 154 Å². The van der Waals surface area contributed by atoms with Crippen LogP contribution >= 0.6 is 0 Å². The van der Waals surface area contributed by atoms with Gasteiger partial charge in [-0.15, -0.1) is 0 Å². The molecule has 3 atom stereocenters. The monoisotopic (exact) mass is 680 g/mol. The van der Waals surface area contributed by atoms with Crippen molar-refractivity contribution in [2.24, 2.45) is 0 Å². The Morgan fingerprint density at radius 3 is 2.13 bits per heavy atom. The van der Waals surface area contributed by atoms with Crippen molar-refractivity contribution in [3.8, 4) is 0 Å². The van der Waals surface area contributed by atoms with Crippen LogP contribution in [-0.4, -0.2) is 73.5 Å². The van der Waals surface area contributed by atoms with Crippen molar-refractivity contribution in [3.05, 3.63) is 70.8 Å². The van der Waals surface area contributed by atoms with E-state index in [1.54, 1.807) is 0 Å². The standard InChI is InChI=1S/C34H50F2N4O6S/c1-5-9-29(10-6-2)47(45,46)22-31(39-33(43)13-14-38-23(4)41)34(44)40-30(18-26-16-27(35)19-28(36)17-26)32(42)21-37-20-25-12-8-11-24(7-3)15-25/h8,11-12,15-17,19,29-32,37,42H,5-7,9-10,13-14,18,20-22H2,1-4H3,(H,38,41)(H,39,43)(H,40,44)/t30-,31+,32+/m0/s1. The number of aliphatic hydroxyl groups excluding tert-OH is 1. The first-order chi connectivity index (χ1) is 22.3. The van der Waals surface area contributed by atoms with Gasteiger partial charge < -0.3 is 26.4 Å². The largest absolute Gasteiger partial charge is 0.390 e. The summed E-state index contributed by atoms with van der Waals surface area (Å²) in [7, 11) is -3.87. The molecule has 0 heterocycles. The number of rotatable bonds is 21. The second-order valence-corrected chi connectivity index (χ2v) is 14.2. The number of amides is 3. The van der Waals surface area contributed by atoms with E-state index in [1.807, 2.05) is 45.0 Å². The Labute approximate surface area is 277 Å². The zero-order valence-electron chi connectivity index (χ0n) is 27.8. The fourth-order valence-corrected chi connectivity index (χ4v) is 7.49. The molecule has 0 saturated heterocycles. The minimum atomic E-state index is -3.87. The average Bonchev–Trinajstić information content (AvgIpc) is 2.99. The van der Waals surface area contributed by atoms with E-state index in [-0.39, 0.29) is 37.4 Å². The van der Waals surface area contributed by atoms with E-state index in [2.05, 4.69) is 21.3 Å². The van der Waals surface area contributed by atoms with Gasteiger partial charge in [-0.1, -0.05) is 57.9 Å². The molecule has 0 radical (unpaired) electrons. The molecular formula is C34H50F2N4O6S. The second-order valence-electron chi connectivity index (χ2n) is 11.9. The van der Waals surface area contributed by atoms with Gasteiger partial charge >= 0.3 is 0 Å². The molecule has 2 aromatic rings. The van der Waals surface area contributed by atoms with Crippen LogP contribution in [0, 0.1) is 11.6 Å². The number of aryl methyl sites for hydroxylation is 1. The number of benzene rings is 2. The first-order valence-corrected chi connectivity index (χ1v) is 18.0. The van der Waals surface area contributed by atoms with Crippen molar-refractivity contribution in [1.29, 1.82) is 0 Å². The first kappa shape index (κ1) is 39.8. The van der Waals surface area contributed by atoms with Crippen LogP contribution in [0.4, 0.5) is 8.78 Å². The third-order valence-corrected chi connectivity index (χ3v) is 10.0. The van der Waals surface area contributed by atoms with Crippen molar-refractivity contribution in [2.45, 2.75) is 103 Å². The van der Waals surface area contributed by atoms with Crippen LogP contribution in [0.25, 0.3) is 0 Å². The minimum absolute atomic E-state index is 0.0137. The van der Waals surface area contributed by atoms with Gasteiger partial charge in [-0.2, -0.15) is 0 Å². The Morgan fingerprint density at radius 1 is 0.894 bits per heavy atom. The number of carbonyl (C=O) groups is 3. The van der Waals surface area contributed by atoms with Gasteiger partial charge in [0.25, 0.3) is 0 Å². The van der Waals surface area contributed by atoms with Gasteiger partial charge in [0.05, 0.1) is 23.1 Å². The quantitative estimate of drug-likeness (QED) is 0.136. The predicted molar refractivity (Wildman–Crippen MR) is 178 cm³/mol. The normalized spacial score (nSPS) is 13.5. The van der Waals surface area contributed by atoms with Gasteiger partial charge in [0, 0.05) is 39.0 Å². The molecule has 0 aliphatic carbocycles. The van der Waals surface area contributed by atoms with E-state index in [4.69, 9.17) is 0 Å². The van der Waals surface area contributed by atoms with Crippen LogP contribution < -0.4 is 21.3 Å². The maximum absolute atomic E-state index is 14.1. The number of halogens is 2. The second kappa shape index (κ2) is 20.1. The highest BCUT2D eigenvalue weighted by atomic mass is 32.2. The summed E-state index contributed by atoms with van der Waals surface area (Å²) in [6, 6.07) is 8.14. The van der Waals surface area contributed by atoms with Gasteiger partial charge in [-0.3, -0.25) is 14.4 Å². The van der Waals surface area contributed by atoms with Crippen molar-refractivity contribution >= 4 is 27.6 Å². The van der Waals surface area contributed by atoms with Crippen molar-refractivity contribution in [3.63, 3.8) is 0 Å². The summed E-state index contributed by atoms with van der Waals surface area (Å²) >= 11 is 0. The van der Waals surface area contributed by atoms with E-state index in [0.29, 0.717) is 38.3 Å². The molecule has 10 nitrogen and oxygen atoms in total. The van der Waals surface area contributed by atoms with Crippen LogP contribution in [0.3, 0.4) is 0 Å². The molecule has 0 aliphatic heterocycles. The third-order valence-electron chi connectivity index (χ3n) is 7.76. The van der Waals surface area contributed by atoms with E-state index in [1.165, 1.54) is 6.92 Å². The summed E-state index contributed by atoms with van der Waals surface area (Å²) in [5, 5.41) is 21.3. The molecule has 2 aromatic carbocycles. The maximum Gasteiger partial charge on any atom is 0.243 e. The third kappa shape index (κ3) is 14.5. The Bertz CT molecular complexity index is 1400. The number of sulfone groups is 1. The lowest BCUT2D eigenvalue weighted by molar-refractivity contribution is -0.129. The van der Waals surface area contributed by atoms with Gasteiger partial charge in [-0.05, 0) is 54.5 Å². The highest BCUT2D eigenvalue weighted by Gasteiger charge is 2.34. The van der Waals surface area contributed by atoms with Crippen LogP contribution in [0.5, 0.6) is 0 Å². The average molecular weight is 681 g/mol. The van der Waals surface area contributed by atoms with Crippen LogP contribution in [-0.2, 0) is 43.6 Å². The lowest BCUT2D eigenvalue weighted by Gasteiger charge is -2.28. The van der Waals surface area contributed by atoms with E-state index in [0.717, 1.165) is 29.7 Å². The summed E-state index contributed by atoms with van der Waals surface area (Å²) in [4.78, 5) is 37.8. The van der Waals surface area contributed by atoms with Crippen LogP contribution in [0.2, 0.25) is 0 Å². The fraction of sp³-hybridized carbons (Fsp3) is 0.559. The van der Waals surface area contributed by atoms with E-state index >= 15 is 0 Å². The number of aliphatic hydroxyl groups is 1. The molecule has 13 heteroatoms. The lowest BCUT2D eigenvalue weighted by Crippen LogP contribution is -2.57. The zero-order valence-corrected chi connectivity index (χ0v) is 28.6. The molecule has 0 aliphatic rings. The first-order valence-electron chi connectivity index (χ1n) is 16.2. The van der Waals surface area contributed by atoms with E-state index < -0.39 is 62.5 Å². The Morgan fingerprint density at radius 2 is 1.53 bits per heavy atom. The molecule has 0 saturated carbocycles. The predicted octanol–water partition coefficient (Wildman–Crippen LogP) is 3.10. The summed E-state index contributed by atoms with van der Waals surface area (Å²) in [6.45, 7) is 7.42. The van der Waals surface area contributed by atoms with E-state index in [9.17, 15) is 36.7 Å². The lowest BCUT2D eigenvalue weighted by atomic mass is 10.00. The Kier molecular flexibility index (Phi) is 17.0.